The SMILES string of the molecule is Cc1sc2nccc(C)[n+]2c1C.[O-][Cl+3]([O-])([O-])O. The fourth-order valence-corrected chi connectivity index (χ4v) is 2.34. The van der Waals surface area contributed by atoms with Crippen LogP contribution in [-0.2, 0) is 0 Å². The van der Waals surface area contributed by atoms with Crippen LogP contribution in [-0.4, -0.2) is 9.64 Å². The van der Waals surface area contributed by atoms with Gasteiger partial charge in [0, 0.05) is 6.07 Å². The average molecular weight is 280 g/mol. The molecular weight excluding hydrogens is 268 g/mol. The van der Waals surface area contributed by atoms with Crippen molar-refractivity contribution >= 4 is 16.3 Å². The molecule has 6 nitrogen and oxygen atoms in total. The molecule has 0 spiro atoms. The molecular formula is C9H12ClN2O4S+. The second-order valence-electron chi connectivity index (χ2n) is 3.34. The number of fused-ring (bicyclic) bond motifs is 1. The van der Waals surface area contributed by atoms with Gasteiger partial charge in [0.15, 0.2) is 0 Å². The molecule has 0 saturated carbocycles. The standard InChI is InChI=1S/C9H11N2S.ClHO4/c1-6-4-5-10-9-11(6)7(2)8(3)12-9;2-1(3,4)5/h4-5H,1-3H3;(H,2,3,4,5)/q+1;. The van der Waals surface area contributed by atoms with Crippen molar-refractivity contribution in [1.82, 2.24) is 4.98 Å². The Morgan fingerprint density at radius 2 is 1.82 bits per heavy atom. The summed E-state index contributed by atoms with van der Waals surface area (Å²) in [5.74, 6) is 0. The molecule has 0 fully saturated rings. The first-order valence-corrected chi connectivity index (χ1v) is 6.65. The summed E-state index contributed by atoms with van der Waals surface area (Å²) < 4.78 is 34.9. The minimum atomic E-state index is -4.69. The van der Waals surface area contributed by atoms with E-state index in [1.165, 1.54) is 16.3 Å². The number of thiazole rings is 1. The molecule has 2 heterocycles. The van der Waals surface area contributed by atoms with Gasteiger partial charge in [0.25, 0.3) is 0 Å². The zero-order chi connectivity index (χ0) is 13.2. The Morgan fingerprint density at radius 3 is 2.29 bits per heavy atom. The van der Waals surface area contributed by atoms with Gasteiger partial charge in [-0.15, -0.1) is 0 Å². The largest absolute Gasteiger partial charge is 0.387 e. The molecule has 17 heavy (non-hydrogen) atoms. The summed E-state index contributed by atoms with van der Waals surface area (Å²) in [5, 5.41) is 0. The third kappa shape index (κ3) is 4.15. The van der Waals surface area contributed by atoms with E-state index in [9.17, 15) is 0 Å². The van der Waals surface area contributed by atoms with Crippen LogP contribution in [0.5, 0.6) is 0 Å². The Bertz CT molecular complexity index is 517. The van der Waals surface area contributed by atoms with E-state index < -0.39 is 10.2 Å². The second kappa shape index (κ2) is 5.21. The molecule has 0 atom stereocenters. The predicted molar refractivity (Wildman–Crippen MR) is 51.7 cm³/mol. The molecule has 0 amide bonds. The van der Waals surface area contributed by atoms with E-state index in [4.69, 9.17) is 18.6 Å². The van der Waals surface area contributed by atoms with Crippen molar-refractivity contribution in [3.8, 4) is 0 Å². The summed E-state index contributed by atoms with van der Waals surface area (Å²) in [4.78, 5) is 6.74. The minimum Gasteiger partial charge on any atom is -0.188 e. The van der Waals surface area contributed by atoms with E-state index in [1.807, 2.05) is 12.3 Å². The molecule has 2 aromatic rings. The first kappa shape index (κ1) is 14.2. The maximum absolute atomic E-state index is 8.60. The summed E-state index contributed by atoms with van der Waals surface area (Å²) in [6, 6.07) is 2.03. The quantitative estimate of drug-likeness (QED) is 0.545. The Hall–Kier alpha value is -0.830. The minimum absolute atomic E-state index is 1.09. The molecule has 0 bridgehead atoms. The van der Waals surface area contributed by atoms with Crippen LogP contribution in [0.15, 0.2) is 12.3 Å². The lowest BCUT2D eigenvalue weighted by Crippen LogP contribution is -2.58. The first-order chi connectivity index (χ1) is 7.70. The number of nitrogens with zero attached hydrogens (tertiary/aromatic N) is 2. The number of aromatic nitrogens is 2. The van der Waals surface area contributed by atoms with Gasteiger partial charge in [-0.3, -0.25) is 0 Å². The van der Waals surface area contributed by atoms with Crippen LogP contribution in [0.4, 0.5) is 0 Å². The van der Waals surface area contributed by atoms with Gasteiger partial charge in [-0.25, -0.2) is 0 Å². The van der Waals surface area contributed by atoms with E-state index in [0.29, 0.717) is 0 Å². The number of rotatable bonds is 0. The van der Waals surface area contributed by atoms with Crippen molar-refractivity contribution in [3.05, 3.63) is 28.5 Å². The van der Waals surface area contributed by atoms with Gasteiger partial charge < -0.3 is 0 Å². The van der Waals surface area contributed by atoms with Gasteiger partial charge in [-0.05, 0) is 37.1 Å². The van der Waals surface area contributed by atoms with E-state index in [0.717, 1.165) is 4.96 Å². The van der Waals surface area contributed by atoms with E-state index in [1.54, 1.807) is 11.3 Å². The monoisotopic (exact) mass is 279 g/mol. The molecule has 0 aliphatic heterocycles. The van der Waals surface area contributed by atoms with Gasteiger partial charge in [0.2, 0.25) is 0 Å². The van der Waals surface area contributed by atoms with E-state index in [2.05, 4.69) is 30.2 Å². The summed E-state index contributed by atoms with van der Waals surface area (Å²) >= 11 is 1.74. The molecule has 0 unspecified atom stereocenters. The molecule has 2 rings (SSSR count). The molecule has 1 N–H and O–H groups in total. The highest BCUT2D eigenvalue weighted by Gasteiger charge is 2.14. The van der Waals surface area contributed by atoms with Gasteiger partial charge in [-0.1, -0.05) is 0 Å². The fourth-order valence-electron chi connectivity index (χ4n) is 1.34. The molecule has 8 heteroatoms. The summed E-state index contributed by atoms with van der Waals surface area (Å²) in [7, 11) is -4.69. The van der Waals surface area contributed by atoms with Crippen LogP contribution in [0.3, 0.4) is 0 Å². The molecule has 0 saturated heterocycles. The van der Waals surface area contributed by atoms with Gasteiger partial charge in [0.1, 0.15) is 17.6 Å². The van der Waals surface area contributed by atoms with E-state index in [-0.39, 0.29) is 0 Å². The summed E-state index contributed by atoms with van der Waals surface area (Å²) in [5.41, 5.74) is 2.56. The van der Waals surface area contributed by atoms with Crippen molar-refractivity contribution < 1.29 is 33.3 Å². The van der Waals surface area contributed by atoms with Crippen LogP contribution < -0.4 is 18.4 Å². The molecule has 94 valence electrons. The molecule has 0 aromatic carbocycles. The van der Waals surface area contributed by atoms with Crippen LogP contribution in [0.25, 0.3) is 4.96 Å². The lowest BCUT2D eigenvalue weighted by atomic mass is 10.4. The highest BCUT2D eigenvalue weighted by atomic mass is 35.7. The summed E-state index contributed by atoms with van der Waals surface area (Å²) in [6.07, 6.45) is 1.86. The topological polar surface area (TPSA) is 106 Å². The molecule has 2 aromatic heterocycles. The summed E-state index contributed by atoms with van der Waals surface area (Å²) in [6.45, 7) is 6.37. The van der Waals surface area contributed by atoms with Crippen LogP contribution in [0.1, 0.15) is 16.3 Å². The zero-order valence-electron chi connectivity index (χ0n) is 9.51. The molecule has 0 radical (unpaired) electrons. The van der Waals surface area contributed by atoms with Gasteiger partial charge in [0.05, 0.1) is 19.8 Å². The number of aryl methyl sites for hydroxylation is 3. The Morgan fingerprint density at radius 1 is 1.29 bits per heavy atom. The van der Waals surface area contributed by atoms with Crippen LogP contribution in [0, 0.1) is 31.0 Å². The van der Waals surface area contributed by atoms with E-state index >= 15 is 0 Å². The fraction of sp³-hybridized carbons (Fsp3) is 0.333. The lowest BCUT2D eigenvalue weighted by molar-refractivity contribution is -1.92. The Labute approximate surface area is 104 Å². The van der Waals surface area contributed by atoms with Gasteiger partial charge >= 0.3 is 4.96 Å². The lowest BCUT2D eigenvalue weighted by Gasteiger charge is -2.03. The smallest absolute Gasteiger partial charge is 0.188 e. The van der Waals surface area contributed by atoms with Crippen molar-refractivity contribution in [1.29, 1.82) is 0 Å². The maximum Gasteiger partial charge on any atom is 0.387 e. The molecule has 0 aliphatic carbocycles. The number of halogens is 1. The Balaban J connectivity index is 0.000000249. The highest BCUT2D eigenvalue weighted by molar-refractivity contribution is 7.16. The Kier molecular flexibility index (Phi) is 4.36. The predicted octanol–water partition coefficient (Wildman–Crippen LogP) is -2.32. The first-order valence-electron chi connectivity index (χ1n) is 4.56. The van der Waals surface area contributed by atoms with Crippen molar-refractivity contribution in [2.45, 2.75) is 20.8 Å². The van der Waals surface area contributed by atoms with Crippen molar-refractivity contribution in [2.24, 2.45) is 0 Å². The highest BCUT2D eigenvalue weighted by Crippen LogP contribution is 2.14. The van der Waals surface area contributed by atoms with Crippen molar-refractivity contribution in [3.63, 3.8) is 0 Å². The van der Waals surface area contributed by atoms with Crippen molar-refractivity contribution in [2.75, 3.05) is 0 Å². The van der Waals surface area contributed by atoms with Gasteiger partial charge in [-0.2, -0.15) is 18.4 Å². The maximum atomic E-state index is 8.60. The third-order valence-electron chi connectivity index (χ3n) is 2.13. The molecule has 0 aliphatic rings. The zero-order valence-corrected chi connectivity index (χ0v) is 11.1. The second-order valence-corrected chi connectivity index (χ2v) is 5.32. The number of hydrogen-bond donors (Lipinski definition) is 1. The average Bonchev–Trinajstić information content (AvgIpc) is 2.41. The normalized spacial score (nSPS) is 11.2. The number of hydrogen-bond acceptors (Lipinski definition) is 6. The van der Waals surface area contributed by atoms with Crippen LogP contribution >= 0.6 is 11.3 Å². The van der Waals surface area contributed by atoms with Crippen LogP contribution in [0.2, 0.25) is 0 Å². The third-order valence-corrected chi connectivity index (χ3v) is 3.21.